The molecular weight excluding hydrogens is 138 g/mol. The first-order valence-corrected chi connectivity index (χ1v) is 3.98. The SMILES string of the molecule is CCc1cnn(C(C)C)c1N. The summed E-state index contributed by atoms with van der Waals surface area (Å²) in [6.45, 7) is 6.23. The Hall–Kier alpha value is -0.990. The van der Waals surface area contributed by atoms with Gasteiger partial charge in [0, 0.05) is 11.6 Å². The summed E-state index contributed by atoms with van der Waals surface area (Å²) in [4.78, 5) is 0. The highest BCUT2D eigenvalue weighted by molar-refractivity contribution is 5.38. The third-order valence-electron chi connectivity index (χ3n) is 1.78. The van der Waals surface area contributed by atoms with Crippen molar-refractivity contribution in [3.63, 3.8) is 0 Å². The van der Waals surface area contributed by atoms with Crippen molar-refractivity contribution in [3.8, 4) is 0 Å². The molecule has 1 aromatic rings. The summed E-state index contributed by atoms with van der Waals surface area (Å²) in [5.74, 6) is 0.808. The van der Waals surface area contributed by atoms with Crippen LogP contribution in [-0.2, 0) is 6.42 Å². The zero-order valence-corrected chi connectivity index (χ0v) is 7.33. The van der Waals surface area contributed by atoms with E-state index in [1.54, 1.807) is 0 Å². The first-order valence-electron chi connectivity index (χ1n) is 3.98. The Morgan fingerprint density at radius 1 is 1.64 bits per heavy atom. The molecular formula is C8H15N3. The van der Waals surface area contributed by atoms with Crippen LogP contribution >= 0.6 is 0 Å². The van der Waals surface area contributed by atoms with Crippen LogP contribution < -0.4 is 5.73 Å². The Kier molecular flexibility index (Phi) is 2.17. The van der Waals surface area contributed by atoms with E-state index in [2.05, 4.69) is 25.9 Å². The molecule has 1 heterocycles. The lowest BCUT2D eigenvalue weighted by Gasteiger charge is -2.07. The minimum atomic E-state index is 0.357. The lowest BCUT2D eigenvalue weighted by Crippen LogP contribution is -2.07. The van der Waals surface area contributed by atoms with Crippen molar-refractivity contribution < 1.29 is 0 Å². The van der Waals surface area contributed by atoms with Crippen LogP contribution in [0.25, 0.3) is 0 Å². The summed E-state index contributed by atoms with van der Waals surface area (Å²) in [5.41, 5.74) is 6.95. The number of anilines is 1. The van der Waals surface area contributed by atoms with Crippen LogP contribution in [-0.4, -0.2) is 9.78 Å². The van der Waals surface area contributed by atoms with Gasteiger partial charge in [0.25, 0.3) is 0 Å². The lowest BCUT2D eigenvalue weighted by atomic mass is 10.2. The predicted molar refractivity (Wildman–Crippen MR) is 46.4 cm³/mol. The Morgan fingerprint density at radius 3 is 2.55 bits per heavy atom. The summed E-state index contributed by atoms with van der Waals surface area (Å²) in [5, 5.41) is 4.18. The monoisotopic (exact) mass is 153 g/mol. The summed E-state index contributed by atoms with van der Waals surface area (Å²) in [6.07, 6.45) is 2.80. The molecule has 0 bridgehead atoms. The highest BCUT2D eigenvalue weighted by Crippen LogP contribution is 2.15. The van der Waals surface area contributed by atoms with Crippen molar-refractivity contribution in [2.75, 3.05) is 5.73 Å². The van der Waals surface area contributed by atoms with Gasteiger partial charge in [-0.2, -0.15) is 5.10 Å². The van der Waals surface area contributed by atoms with E-state index < -0.39 is 0 Å². The average molecular weight is 153 g/mol. The van der Waals surface area contributed by atoms with Gasteiger partial charge in [0.1, 0.15) is 5.82 Å². The van der Waals surface area contributed by atoms with Gasteiger partial charge in [-0.05, 0) is 20.3 Å². The molecule has 3 heteroatoms. The van der Waals surface area contributed by atoms with Gasteiger partial charge in [0.15, 0.2) is 0 Å². The molecule has 0 aliphatic rings. The smallest absolute Gasteiger partial charge is 0.125 e. The standard InChI is InChI=1S/C8H15N3/c1-4-7-5-10-11(6(2)3)8(7)9/h5-6H,4,9H2,1-3H3. The molecule has 0 atom stereocenters. The molecule has 0 unspecified atom stereocenters. The molecule has 1 rings (SSSR count). The van der Waals surface area contributed by atoms with Crippen LogP contribution in [0.2, 0.25) is 0 Å². The molecule has 62 valence electrons. The van der Waals surface area contributed by atoms with Crippen LogP contribution in [0.5, 0.6) is 0 Å². The highest BCUT2D eigenvalue weighted by atomic mass is 15.3. The molecule has 0 spiro atoms. The molecule has 0 saturated heterocycles. The first-order chi connectivity index (χ1) is 5.16. The largest absolute Gasteiger partial charge is 0.384 e. The van der Waals surface area contributed by atoms with E-state index in [1.807, 2.05) is 10.9 Å². The van der Waals surface area contributed by atoms with Crippen LogP contribution in [0.4, 0.5) is 5.82 Å². The second kappa shape index (κ2) is 2.95. The molecule has 0 aromatic carbocycles. The average Bonchev–Trinajstić information content (AvgIpc) is 2.30. The lowest BCUT2D eigenvalue weighted by molar-refractivity contribution is 0.540. The molecule has 0 aliphatic carbocycles. The van der Waals surface area contributed by atoms with Crippen molar-refractivity contribution >= 4 is 5.82 Å². The van der Waals surface area contributed by atoms with E-state index in [1.165, 1.54) is 0 Å². The maximum Gasteiger partial charge on any atom is 0.125 e. The fourth-order valence-electron chi connectivity index (χ4n) is 1.09. The summed E-state index contributed by atoms with van der Waals surface area (Å²) in [6, 6.07) is 0.357. The highest BCUT2D eigenvalue weighted by Gasteiger charge is 2.06. The first kappa shape index (κ1) is 8.11. The number of nitrogens with two attached hydrogens (primary N) is 1. The second-order valence-electron chi connectivity index (χ2n) is 2.95. The van der Waals surface area contributed by atoms with Gasteiger partial charge in [0.2, 0.25) is 0 Å². The van der Waals surface area contributed by atoms with Gasteiger partial charge in [-0.3, -0.25) is 0 Å². The van der Waals surface area contributed by atoms with E-state index >= 15 is 0 Å². The molecule has 3 nitrogen and oxygen atoms in total. The van der Waals surface area contributed by atoms with Gasteiger partial charge in [-0.25, -0.2) is 4.68 Å². The fraction of sp³-hybridized carbons (Fsp3) is 0.625. The zero-order chi connectivity index (χ0) is 8.43. The molecule has 0 amide bonds. The number of hydrogen-bond donors (Lipinski definition) is 1. The van der Waals surface area contributed by atoms with Gasteiger partial charge in [-0.15, -0.1) is 0 Å². The van der Waals surface area contributed by atoms with E-state index in [9.17, 15) is 0 Å². The molecule has 2 N–H and O–H groups in total. The maximum absolute atomic E-state index is 5.82. The maximum atomic E-state index is 5.82. The second-order valence-corrected chi connectivity index (χ2v) is 2.95. The van der Waals surface area contributed by atoms with Gasteiger partial charge >= 0.3 is 0 Å². The number of nitrogen functional groups attached to an aromatic ring is 1. The molecule has 1 aromatic heterocycles. The van der Waals surface area contributed by atoms with Gasteiger partial charge in [-0.1, -0.05) is 6.92 Å². The van der Waals surface area contributed by atoms with Crippen molar-refractivity contribution in [3.05, 3.63) is 11.8 Å². The Morgan fingerprint density at radius 2 is 2.27 bits per heavy atom. The van der Waals surface area contributed by atoms with Crippen LogP contribution in [0.15, 0.2) is 6.20 Å². The number of rotatable bonds is 2. The van der Waals surface area contributed by atoms with Gasteiger partial charge in [0.05, 0.1) is 6.20 Å². The topological polar surface area (TPSA) is 43.8 Å². The van der Waals surface area contributed by atoms with E-state index in [0.717, 1.165) is 17.8 Å². The Labute approximate surface area is 67.2 Å². The minimum Gasteiger partial charge on any atom is -0.384 e. The number of aryl methyl sites for hydroxylation is 1. The van der Waals surface area contributed by atoms with Crippen LogP contribution in [0.1, 0.15) is 32.4 Å². The third kappa shape index (κ3) is 1.37. The van der Waals surface area contributed by atoms with Crippen LogP contribution in [0, 0.1) is 0 Å². The van der Waals surface area contributed by atoms with E-state index in [4.69, 9.17) is 5.73 Å². The summed E-state index contributed by atoms with van der Waals surface area (Å²) < 4.78 is 1.85. The number of aromatic nitrogens is 2. The number of nitrogens with zero attached hydrogens (tertiary/aromatic N) is 2. The molecule has 0 saturated carbocycles. The van der Waals surface area contributed by atoms with Crippen molar-refractivity contribution in [1.82, 2.24) is 9.78 Å². The van der Waals surface area contributed by atoms with Crippen molar-refractivity contribution in [2.45, 2.75) is 33.2 Å². The third-order valence-corrected chi connectivity index (χ3v) is 1.78. The summed E-state index contributed by atoms with van der Waals surface area (Å²) in [7, 11) is 0. The Balaban J connectivity index is 3.00. The van der Waals surface area contributed by atoms with Crippen LogP contribution in [0.3, 0.4) is 0 Å². The fourth-order valence-corrected chi connectivity index (χ4v) is 1.09. The predicted octanol–water partition coefficient (Wildman–Crippen LogP) is 1.61. The summed E-state index contributed by atoms with van der Waals surface area (Å²) >= 11 is 0. The quantitative estimate of drug-likeness (QED) is 0.701. The Bertz CT molecular complexity index is 237. The van der Waals surface area contributed by atoms with E-state index in [0.29, 0.717) is 6.04 Å². The van der Waals surface area contributed by atoms with E-state index in [-0.39, 0.29) is 0 Å². The minimum absolute atomic E-state index is 0.357. The molecule has 0 aliphatic heterocycles. The zero-order valence-electron chi connectivity index (χ0n) is 7.33. The van der Waals surface area contributed by atoms with Crippen molar-refractivity contribution in [2.24, 2.45) is 0 Å². The van der Waals surface area contributed by atoms with Gasteiger partial charge < -0.3 is 5.73 Å². The normalized spacial score (nSPS) is 10.9. The van der Waals surface area contributed by atoms with Crippen molar-refractivity contribution in [1.29, 1.82) is 0 Å². The molecule has 11 heavy (non-hydrogen) atoms. The number of hydrogen-bond acceptors (Lipinski definition) is 2. The molecule has 0 radical (unpaired) electrons. The molecule has 0 fully saturated rings.